The van der Waals surface area contributed by atoms with Gasteiger partial charge < -0.3 is 14.0 Å². The van der Waals surface area contributed by atoms with Gasteiger partial charge in [0.15, 0.2) is 5.82 Å². The van der Waals surface area contributed by atoms with Crippen molar-refractivity contribution in [1.82, 2.24) is 24.5 Å². The first-order chi connectivity index (χ1) is 10.5. The van der Waals surface area contributed by atoms with Crippen LogP contribution in [0.3, 0.4) is 0 Å². The van der Waals surface area contributed by atoms with E-state index < -0.39 is 0 Å². The standard InChI is InChI=1S/C14H18ClN5O2/c1-9-16-13(22-17-9)12-8-20(5-4-18(12)2)14(21)11-6-10(15)7-19(11)3/h6-7,12H,4-5,8H2,1-3H3. The predicted molar refractivity (Wildman–Crippen MR) is 80.7 cm³/mol. The van der Waals surface area contributed by atoms with Gasteiger partial charge in [0.05, 0.1) is 5.02 Å². The molecule has 118 valence electrons. The van der Waals surface area contributed by atoms with E-state index in [9.17, 15) is 4.79 Å². The van der Waals surface area contributed by atoms with E-state index in [1.807, 2.05) is 14.1 Å². The Balaban J connectivity index is 1.81. The van der Waals surface area contributed by atoms with E-state index >= 15 is 0 Å². The minimum atomic E-state index is -0.0883. The average Bonchev–Trinajstić information content (AvgIpc) is 3.04. The van der Waals surface area contributed by atoms with Crippen LogP contribution in [0.2, 0.25) is 5.02 Å². The number of carbonyl (C=O) groups is 1. The fourth-order valence-electron chi connectivity index (χ4n) is 2.67. The van der Waals surface area contributed by atoms with Gasteiger partial charge in [-0.1, -0.05) is 16.8 Å². The largest absolute Gasteiger partial charge is 0.345 e. The van der Waals surface area contributed by atoms with Crippen molar-refractivity contribution in [3.05, 3.63) is 34.7 Å². The van der Waals surface area contributed by atoms with Gasteiger partial charge in [0.25, 0.3) is 5.91 Å². The first-order valence-corrected chi connectivity index (χ1v) is 7.45. The second-order valence-electron chi connectivity index (χ2n) is 5.58. The third-order valence-corrected chi connectivity index (χ3v) is 4.16. The summed E-state index contributed by atoms with van der Waals surface area (Å²) >= 11 is 5.97. The van der Waals surface area contributed by atoms with Crippen molar-refractivity contribution in [2.75, 3.05) is 26.7 Å². The van der Waals surface area contributed by atoms with Crippen molar-refractivity contribution < 1.29 is 9.32 Å². The minimum Gasteiger partial charge on any atom is -0.345 e. The molecule has 1 unspecified atom stereocenters. The Morgan fingerprint density at radius 2 is 2.18 bits per heavy atom. The Morgan fingerprint density at radius 3 is 2.77 bits per heavy atom. The highest BCUT2D eigenvalue weighted by molar-refractivity contribution is 6.31. The van der Waals surface area contributed by atoms with Crippen molar-refractivity contribution in [2.24, 2.45) is 7.05 Å². The molecule has 1 amide bonds. The molecule has 7 nitrogen and oxygen atoms in total. The highest BCUT2D eigenvalue weighted by Gasteiger charge is 2.33. The molecule has 3 heterocycles. The molecule has 0 aromatic carbocycles. The molecule has 0 saturated carbocycles. The van der Waals surface area contributed by atoms with Crippen LogP contribution in [0, 0.1) is 6.92 Å². The van der Waals surface area contributed by atoms with Crippen LogP contribution in [0.4, 0.5) is 0 Å². The first kappa shape index (κ1) is 15.1. The lowest BCUT2D eigenvalue weighted by atomic mass is 10.1. The molecule has 2 aromatic rings. The number of hydrogen-bond donors (Lipinski definition) is 0. The van der Waals surface area contributed by atoms with Crippen molar-refractivity contribution in [3.8, 4) is 0 Å². The van der Waals surface area contributed by atoms with E-state index in [0.29, 0.717) is 35.5 Å². The van der Waals surface area contributed by atoms with E-state index in [1.54, 1.807) is 28.7 Å². The van der Waals surface area contributed by atoms with E-state index in [0.717, 1.165) is 6.54 Å². The van der Waals surface area contributed by atoms with E-state index in [-0.39, 0.29) is 11.9 Å². The SMILES string of the molecule is Cc1noc(C2CN(C(=O)c3cc(Cl)cn3C)CCN2C)n1. The number of aromatic nitrogens is 3. The number of rotatable bonds is 2. The van der Waals surface area contributed by atoms with Crippen molar-refractivity contribution in [3.63, 3.8) is 0 Å². The molecule has 0 radical (unpaired) electrons. The van der Waals surface area contributed by atoms with Gasteiger partial charge in [-0.25, -0.2) is 0 Å². The zero-order valence-corrected chi connectivity index (χ0v) is 13.5. The smallest absolute Gasteiger partial charge is 0.270 e. The summed E-state index contributed by atoms with van der Waals surface area (Å²) in [6.07, 6.45) is 1.73. The van der Waals surface area contributed by atoms with Crippen LogP contribution >= 0.6 is 11.6 Å². The molecule has 3 rings (SSSR count). The molecule has 0 aliphatic carbocycles. The number of carbonyl (C=O) groups excluding carboxylic acids is 1. The minimum absolute atomic E-state index is 0.0382. The lowest BCUT2D eigenvalue weighted by Crippen LogP contribution is -2.49. The molecule has 0 bridgehead atoms. The molecular weight excluding hydrogens is 306 g/mol. The second kappa shape index (κ2) is 5.73. The van der Waals surface area contributed by atoms with Gasteiger partial charge in [-0.2, -0.15) is 4.98 Å². The molecule has 22 heavy (non-hydrogen) atoms. The highest BCUT2D eigenvalue weighted by Crippen LogP contribution is 2.24. The maximum absolute atomic E-state index is 12.7. The lowest BCUT2D eigenvalue weighted by molar-refractivity contribution is 0.0480. The van der Waals surface area contributed by atoms with Crippen LogP contribution in [0.15, 0.2) is 16.8 Å². The monoisotopic (exact) mass is 323 g/mol. The summed E-state index contributed by atoms with van der Waals surface area (Å²) in [5, 5.41) is 4.39. The molecule has 1 saturated heterocycles. The van der Waals surface area contributed by atoms with Gasteiger partial charge in [-0.3, -0.25) is 9.69 Å². The van der Waals surface area contributed by atoms with Crippen LogP contribution in [-0.4, -0.2) is 57.1 Å². The molecule has 2 aromatic heterocycles. The maximum atomic E-state index is 12.7. The van der Waals surface area contributed by atoms with Crippen LogP contribution in [0.1, 0.15) is 28.2 Å². The third-order valence-electron chi connectivity index (χ3n) is 3.95. The van der Waals surface area contributed by atoms with Crippen molar-refractivity contribution >= 4 is 17.5 Å². The van der Waals surface area contributed by atoms with Gasteiger partial charge in [0.2, 0.25) is 5.89 Å². The van der Waals surface area contributed by atoms with Gasteiger partial charge >= 0.3 is 0 Å². The average molecular weight is 324 g/mol. The van der Waals surface area contributed by atoms with Gasteiger partial charge in [0, 0.05) is 32.9 Å². The van der Waals surface area contributed by atoms with Crippen LogP contribution in [0.25, 0.3) is 0 Å². The molecule has 1 fully saturated rings. The summed E-state index contributed by atoms with van der Waals surface area (Å²) in [6, 6.07) is 1.60. The zero-order chi connectivity index (χ0) is 15.9. The van der Waals surface area contributed by atoms with Gasteiger partial charge in [0.1, 0.15) is 11.7 Å². The zero-order valence-electron chi connectivity index (χ0n) is 12.8. The Bertz CT molecular complexity index is 695. The van der Waals surface area contributed by atoms with Gasteiger partial charge in [-0.05, 0) is 20.0 Å². The molecule has 0 spiro atoms. The van der Waals surface area contributed by atoms with E-state index in [4.69, 9.17) is 16.1 Å². The summed E-state index contributed by atoms with van der Waals surface area (Å²) in [5.41, 5.74) is 0.579. The first-order valence-electron chi connectivity index (χ1n) is 7.07. The molecule has 0 N–H and O–H groups in total. The number of halogens is 1. The molecule has 8 heteroatoms. The summed E-state index contributed by atoms with van der Waals surface area (Å²) < 4.78 is 7.01. The molecule has 1 aliphatic heterocycles. The fourth-order valence-corrected chi connectivity index (χ4v) is 2.92. The van der Waals surface area contributed by atoms with Gasteiger partial charge in [-0.15, -0.1) is 0 Å². The normalized spacial score (nSPS) is 19.6. The van der Waals surface area contributed by atoms with Crippen LogP contribution < -0.4 is 0 Å². The quantitative estimate of drug-likeness (QED) is 0.838. The molecular formula is C14H18ClN5O2. The number of nitrogens with zero attached hydrogens (tertiary/aromatic N) is 5. The summed E-state index contributed by atoms with van der Waals surface area (Å²) in [7, 11) is 3.80. The topological polar surface area (TPSA) is 67.4 Å². The van der Waals surface area contributed by atoms with Crippen LogP contribution in [0.5, 0.6) is 0 Å². The van der Waals surface area contributed by atoms with Crippen LogP contribution in [-0.2, 0) is 7.05 Å². The predicted octanol–water partition coefficient (Wildman–Crippen LogP) is 1.50. The third kappa shape index (κ3) is 2.74. The number of hydrogen-bond acceptors (Lipinski definition) is 5. The van der Waals surface area contributed by atoms with Crippen molar-refractivity contribution in [2.45, 2.75) is 13.0 Å². The summed E-state index contributed by atoms with van der Waals surface area (Å²) in [6.45, 7) is 3.70. The Morgan fingerprint density at radius 1 is 1.41 bits per heavy atom. The highest BCUT2D eigenvalue weighted by atomic mass is 35.5. The number of piperazine rings is 1. The maximum Gasteiger partial charge on any atom is 0.270 e. The fraction of sp³-hybridized carbons (Fsp3) is 0.500. The summed E-state index contributed by atoms with van der Waals surface area (Å²) in [5.74, 6) is 1.10. The Labute approximate surface area is 133 Å². The molecule has 1 aliphatic rings. The van der Waals surface area contributed by atoms with Crippen molar-refractivity contribution in [1.29, 1.82) is 0 Å². The number of likely N-dealkylation sites (N-methyl/N-ethyl adjacent to an activating group) is 1. The Hall–Kier alpha value is -1.86. The van der Waals surface area contributed by atoms with E-state index in [1.165, 1.54) is 0 Å². The summed E-state index contributed by atoms with van der Waals surface area (Å²) in [4.78, 5) is 20.9. The Kier molecular flexibility index (Phi) is 3.92. The number of aryl methyl sites for hydroxylation is 2. The molecule has 1 atom stereocenters. The lowest BCUT2D eigenvalue weighted by Gasteiger charge is -2.37. The second-order valence-corrected chi connectivity index (χ2v) is 6.02. The number of amides is 1. The van der Waals surface area contributed by atoms with E-state index in [2.05, 4.69) is 15.0 Å².